The standard InChI is InChI=1S/C15H29N5/c1-7-13-18-14(16)11(4)15(19-13)17-12(8-10(2)3)9-20(5)6/h10,12H,7-9H2,1-6H3,(H3,16,17,18,19). The van der Waals surface area contributed by atoms with Crippen LogP contribution in [0.15, 0.2) is 0 Å². The highest BCUT2D eigenvalue weighted by Crippen LogP contribution is 2.20. The number of likely N-dealkylation sites (N-methyl/N-ethyl adjacent to an activating group) is 1. The Morgan fingerprint density at radius 3 is 2.40 bits per heavy atom. The minimum Gasteiger partial charge on any atom is -0.383 e. The minimum absolute atomic E-state index is 0.364. The van der Waals surface area contributed by atoms with Gasteiger partial charge in [0.1, 0.15) is 17.5 Å². The Bertz CT molecular complexity index is 419. The van der Waals surface area contributed by atoms with E-state index in [4.69, 9.17) is 5.73 Å². The molecule has 0 aliphatic heterocycles. The molecule has 20 heavy (non-hydrogen) atoms. The van der Waals surface area contributed by atoms with Crippen LogP contribution in [0.2, 0.25) is 0 Å². The van der Waals surface area contributed by atoms with Gasteiger partial charge in [-0.05, 0) is 33.4 Å². The summed E-state index contributed by atoms with van der Waals surface area (Å²) in [6, 6.07) is 0.364. The topological polar surface area (TPSA) is 67.1 Å². The van der Waals surface area contributed by atoms with Crippen molar-refractivity contribution in [3.8, 4) is 0 Å². The smallest absolute Gasteiger partial charge is 0.135 e. The van der Waals surface area contributed by atoms with E-state index in [2.05, 4.69) is 48.1 Å². The van der Waals surface area contributed by atoms with Gasteiger partial charge in [-0.25, -0.2) is 9.97 Å². The molecule has 0 spiro atoms. The SMILES string of the molecule is CCc1nc(N)c(C)c(NC(CC(C)C)CN(C)C)n1. The van der Waals surface area contributed by atoms with Crippen molar-refractivity contribution >= 4 is 11.6 Å². The highest BCUT2D eigenvalue weighted by molar-refractivity contribution is 5.55. The molecular weight excluding hydrogens is 250 g/mol. The normalized spacial score (nSPS) is 13.0. The van der Waals surface area contributed by atoms with E-state index >= 15 is 0 Å². The van der Waals surface area contributed by atoms with E-state index in [9.17, 15) is 0 Å². The Kier molecular flexibility index (Phi) is 6.20. The molecular formula is C15H29N5. The Labute approximate surface area is 123 Å². The quantitative estimate of drug-likeness (QED) is 0.802. The summed E-state index contributed by atoms with van der Waals surface area (Å²) in [4.78, 5) is 11.1. The van der Waals surface area contributed by atoms with Crippen molar-refractivity contribution < 1.29 is 0 Å². The molecule has 0 radical (unpaired) electrons. The first kappa shape index (κ1) is 16.7. The molecule has 1 aromatic rings. The van der Waals surface area contributed by atoms with Crippen molar-refractivity contribution in [1.29, 1.82) is 0 Å². The van der Waals surface area contributed by atoms with Crippen LogP contribution >= 0.6 is 0 Å². The van der Waals surface area contributed by atoms with Gasteiger partial charge in [0, 0.05) is 24.6 Å². The minimum atomic E-state index is 0.364. The second-order valence-corrected chi connectivity index (χ2v) is 6.09. The monoisotopic (exact) mass is 279 g/mol. The van der Waals surface area contributed by atoms with Crippen LogP contribution in [-0.2, 0) is 6.42 Å². The van der Waals surface area contributed by atoms with Gasteiger partial charge in [0.05, 0.1) is 0 Å². The van der Waals surface area contributed by atoms with Gasteiger partial charge >= 0.3 is 0 Å². The molecule has 1 atom stereocenters. The van der Waals surface area contributed by atoms with E-state index in [1.807, 2.05) is 13.8 Å². The number of anilines is 2. The van der Waals surface area contributed by atoms with E-state index in [0.29, 0.717) is 17.8 Å². The molecule has 5 heteroatoms. The molecule has 1 rings (SSSR count). The molecule has 1 aromatic heterocycles. The maximum Gasteiger partial charge on any atom is 0.135 e. The van der Waals surface area contributed by atoms with Gasteiger partial charge in [0.25, 0.3) is 0 Å². The van der Waals surface area contributed by atoms with Crippen LogP contribution in [0.4, 0.5) is 11.6 Å². The van der Waals surface area contributed by atoms with Crippen molar-refractivity contribution in [3.05, 3.63) is 11.4 Å². The predicted molar refractivity (Wildman–Crippen MR) is 86.0 cm³/mol. The Morgan fingerprint density at radius 1 is 1.25 bits per heavy atom. The first-order chi connectivity index (χ1) is 9.33. The molecule has 0 aliphatic carbocycles. The summed E-state index contributed by atoms with van der Waals surface area (Å²) in [5.74, 6) is 2.88. The highest BCUT2D eigenvalue weighted by atomic mass is 15.1. The van der Waals surface area contributed by atoms with Crippen molar-refractivity contribution in [2.45, 2.75) is 46.6 Å². The largest absolute Gasteiger partial charge is 0.383 e. The molecule has 0 saturated heterocycles. The summed E-state index contributed by atoms with van der Waals surface area (Å²) in [5, 5.41) is 3.55. The maximum absolute atomic E-state index is 5.97. The maximum atomic E-state index is 5.97. The number of aromatic nitrogens is 2. The molecule has 0 amide bonds. The second kappa shape index (κ2) is 7.43. The first-order valence-corrected chi connectivity index (χ1v) is 7.37. The molecule has 0 saturated carbocycles. The van der Waals surface area contributed by atoms with Crippen LogP contribution in [0.5, 0.6) is 0 Å². The summed E-state index contributed by atoms with van der Waals surface area (Å²) in [6.45, 7) is 9.47. The lowest BCUT2D eigenvalue weighted by Gasteiger charge is -2.25. The summed E-state index contributed by atoms with van der Waals surface area (Å²) < 4.78 is 0. The number of rotatable bonds is 7. The van der Waals surface area contributed by atoms with Gasteiger partial charge < -0.3 is 16.0 Å². The number of hydrogen-bond donors (Lipinski definition) is 2. The summed E-state index contributed by atoms with van der Waals surface area (Å²) >= 11 is 0. The molecule has 1 heterocycles. The lowest BCUT2D eigenvalue weighted by atomic mass is 10.0. The van der Waals surface area contributed by atoms with E-state index < -0.39 is 0 Å². The Morgan fingerprint density at radius 2 is 1.90 bits per heavy atom. The molecule has 0 fully saturated rings. The van der Waals surface area contributed by atoms with E-state index in [-0.39, 0.29) is 0 Å². The summed E-state index contributed by atoms with van der Waals surface area (Å²) in [7, 11) is 4.18. The molecule has 0 bridgehead atoms. The number of nitrogen functional groups attached to an aromatic ring is 1. The fourth-order valence-electron chi connectivity index (χ4n) is 2.26. The third kappa shape index (κ3) is 4.96. The zero-order chi connectivity index (χ0) is 15.3. The zero-order valence-electron chi connectivity index (χ0n) is 13.7. The Balaban J connectivity index is 2.94. The molecule has 114 valence electrons. The van der Waals surface area contributed by atoms with Crippen LogP contribution in [0.1, 0.15) is 38.6 Å². The average molecular weight is 279 g/mol. The Hall–Kier alpha value is -1.36. The van der Waals surface area contributed by atoms with E-state index in [0.717, 1.165) is 36.6 Å². The fourth-order valence-corrected chi connectivity index (χ4v) is 2.26. The lowest BCUT2D eigenvalue weighted by Crippen LogP contribution is -2.34. The van der Waals surface area contributed by atoms with Crippen molar-refractivity contribution in [2.24, 2.45) is 5.92 Å². The second-order valence-electron chi connectivity index (χ2n) is 6.09. The summed E-state index contributed by atoms with van der Waals surface area (Å²) in [5.41, 5.74) is 6.91. The van der Waals surface area contributed by atoms with Crippen molar-refractivity contribution in [1.82, 2.24) is 14.9 Å². The van der Waals surface area contributed by atoms with Crippen molar-refractivity contribution in [2.75, 3.05) is 31.7 Å². The predicted octanol–water partition coefficient (Wildman–Crippen LogP) is 2.32. The van der Waals surface area contributed by atoms with E-state index in [1.54, 1.807) is 0 Å². The van der Waals surface area contributed by atoms with Gasteiger partial charge in [0.15, 0.2) is 0 Å². The molecule has 3 N–H and O–H groups in total. The van der Waals surface area contributed by atoms with Crippen LogP contribution in [0.25, 0.3) is 0 Å². The number of hydrogen-bond acceptors (Lipinski definition) is 5. The van der Waals surface area contributed by atoms with Crippen LogP contribution in [-0.4, -0.2) is 41.5 Å². The molecule has 0 aliphatic rings. The van der Waals surface area contributed by atoms with Crippen LogP contribution in [0, 0.1) is 12.8 Å². The van der Waals surface area contributed by atoms with Crippen molar-refractivity contribution in [3.63, 3.8) is 0 Å². The number of nitrogens with zero attached hydrogens (tertiary/aromatic N) is 3. The van der Waals surface area contributed by atoms with Gasteiger partial charge in [-0.2, -0.15) is 0 Å². The van der Waals surface area contributed by atoms with Crippen LogP contribution in [0.3, 0.4) is 0 Å². The first-order valence-electron chi connectivity index (χ1n) is 7.37. The lowest BCUT2D eigenvalue weighted by molar-refractivity contribution is 0.356. The number of nitrogens with one attached hydrogen (secondary N) is 1. The zero-order valence-corrected chi connectivity index (χ0v) is 13.7. The third-order valence-electron chi connectivity index (χ3n) is 3.23. The highest BCUT2D eigenvalue weighted by Gasteiger charge is 2.15. The molecule has 0 aromatic carbocycles. The van der Waals surface area contributed by atoms with E-state index in [1.165, 1.54) is 0 Å². The van der Waals surface area contributed by atoms with Gasteiger partial charge in [-0.1, -0.05) is 20.8 Å². The van der Waals surface area contributed by atoms with Crippen LogP contribution < -0.4 is 11.1 Å². The summed E-state index contributed by atoms with van der Waals surface area (Å²) in [6.07, 6.45) is 1.89. The fraction of sp³-hybridized carbons (Fsp3) is 0.733. The molecule has 5 nitrogen and oxygen atoms in total. The molecule has 1 unspecified atom stereocenters. The third-order valence-corrected chi connectivity index (χ3v) is 3.23. The average Bonchev–Trinajstić information content (AvgIpc) is 2.32. The van der Waals surface area contributed by atoms with Gasteiger partial charge in [-0.15, -0.1) is 0 Å². The van der Waals surface area contributed by atoms with Gasteiger partial charge in [-0.3, -0.25) is 0 Å². The number of nitrogens with two attached hydrogens (primary N) is 1. The van der Waals surface area contributed by atoms with Gasteiger partial charge in [0.2, 0.25) is 0 Å². The number of aryl methyl sites for hydroxylation is 1.